The Kier molecular flexibility index (Phi) is 5.13. The van der Waals surface area contributed by atoms with Gasteiger partial charge in [0.05, 0.1) is 10.0 Å². The Hall–Kier alpha value is -0.970. The number of carbonyl (C=O) groups is 1. The third-order valence-corrected chi connectivity index (χ3v) is 4.33. The van der Waals surface area contributed by atoms with Gasteiger partial charge in [-0.25, -0.2) is 0 Å². The van der Waals surface area contributed by atoms with Gasteiger partial charge in [-0.2, -0.15) is 0 Å². The van der Waals surface area contributed by atoms with E-state index in [1.54, 1.807) is 18.1 Å². The van der Waals surface area contributed by atoms with Crippen molar-refractivity contribution in [3.63, 3.8) is 0 Å². The highest BCUT2D eigenvalue weighted by molar-refractivity contribution is 6.42. The highest BCUT2D eigenvalue weighted by Gasteiger charge is 2.33. The number of methoxy groups -OCH3 is 1. The summed E-state index contributed by atoms with van der Waals surface area (Å²) < 4.78 is 4.99. The first kappa shape index (κ1) is 15.4. The fourth-order valence-corrected chi connectivity index (χ4v) is 3.00. The molecule has 1 aliphatic rings. The Morgan fingerprint density at radius 1 is 1.45 bits per heavy atom. The van der Waals surface area contributed by atoms with E-state index < -0.39 is 0 Å². The van der Waals surface area contributed by atoms with Crippen LogP contribution in [0.1, 0.15) is 24.3 Å². The standard InChI is InChI=1S/C14H17Cl2NO3/c1-20-6-2-5-17-8-9(7-12(17)19)13-11(18)4-3-10(15)14(13)16/h3-4,9,18H,2,5-8H2,1H3/t9-/m1/s1. The van der Waals surface area contributed by atoms with Gasteiger partial charge in [0.25, 0.3) is 0 Å². The minimum Gasteiger partial charge on any atom is -0.508 e. The molecule has 0 unspecified atom stereocenters. The van der Waals surface area contributed by atoms with Crippen LogP contribution in [0.25, 0.3) is 0 Å². The van der Waals surface area contributed by atoms with Crippen molar-refractivity contribution in [1.29, 1.82) is 0 Å². The molecule has 0 saturated carbocycles. The first-order chi connectivity index (χ1) is 9.54. The van der Waals surface area contributed by atoms with Gasteiger partial charge >= 0.3 is 0 Å². The maximum atomic E-state index is 12.0. The molecule has 0 aromatic heterocycles. The van der Waals surface area contributed by atoms with Crippen molar-refractivity contribution in [2.24, 2.45) is 0 Å². The molecule has 0 spiro atoms. The Balaban J connectivity index is 2.12. The molecule has 0 radical (unpaired) electrons. The van der Waals surface area contributed by atoms with Crippen LogP contribution in [0.15, 0.2) is 12.1 Å². The SMILES string of the molecule is COCCCN1C[C@H](c2c(O)ccc(Cl)c2Cl)CC1=O. The molecule has 6 heteroatoms. The van der Waals surface area contributed by atoms with E-state index in [0.29, 0.717) is 41.7 Å². The zero-order chi connectivity index (χ0) is 14.7. The number of nitrogens with zero attached hydrogens (tertiary/aromatic N) is 1. The van der Waals surface area contributed by atoms with E-state index in [9.17, 15) is 9.90 Å². The van der Waals surface area contributed by atoms with E-state index in [-0.39, 0.29) is 17.6 Å². The minimum absolute atomic E-state index is 0.0709. The number of likely N-dealkylation sites (tertiary alicyclic amines) is 1. The number of carbonyl (C=O) groups excluding carboxylic acids is 1. The van der Waals surface area contributed by atoms with Gasteiger partial charge in [0, 0.05) is 44.7 Å². The summed E-state index contributed by atoms with van der Waals surface area (Å²) in [6.07, 6.45) is 1.14. The molecule has 1 aliphatic heterocycles. The Morgan fingerprint density at radius 3 is 2.90 bits per heavy atom. The number of ether oxygens (including phenoxy) is 1. The van der Waals surface area contributed by atoms with Crippen molar-refractivity contribution in [3.05, 3.63) is 27.7 Å². The molecule has 2 rings (SSSR count). The lowest BCUT2D eigenvalue weighted by molar-refractivity contribution is -0.127. The third-order valence-electron chi connectivity index (χ3n) is 3.51. The van der Waals surface area contributed by atoms with Crippen molar-refractivity contribution in [1.82, 2.24) is 4.90 Å². The monoisotopic (exact) mass is 317 g/mol. The average Bonchev–Trinajstić information content (AvgIpc) is 2.76. The van der Waals surface area contributed by atoms with E-state index >= 15 is 0 Å². The van der Waals surface area contributed by atoms with Gasteiger partial charge in [-0.3, -0.25) is 4.79 Å². The predicted molar refractivity (Wildman–Crippen MR) is 78.6 cm³/mol. The molecule has 110 valence electrons. The van der Waals surface area contributed by atoms with Crippen molar-refractivity contribution < 1.29 is 14.6 Å². The lowest BCUT2D eigenvalue weighted by Crippen LogP contribution is -2.26. The van der Waals surface area contributed by atoms with E-state index in [1.807, 2.05) is 0 Å². The van der Waals surface area contributed by atoms with Crippen LogP contribution in [0.2, 0.25) is 10.0 Å². The molecule has 0 aliphatic carbocycles. The number of amides is 1. The van der Waals surface area contributed by atoms with Crippen molar-refractivity contribution in [3.8, 4) is 5.75 Å². The number of phenols is 1. The van der Waals surface area contributed by atoms with Gasteiger partial charge in [0.15, 0.2) is 0 Å². The Labute approximate surface area is 128 Å². The Bertz CT molecular complexity index is 507. The quantitative estimate of drug-likeness (QED) is 0.849. The Morgan fingerprint density at radius 2 is 2.20 bits per heavy atom. The van der Waals surface area contributed by atoms with Crippen LogP contribution in [-0.4, -0.2) is 42.7 Å². The molecule has 1 N–H and O–H groups in total. The van der Waals surface area contributed by atoms with E-state index in [0.717, 1.165) is 6.42 Å². The second-order valence-electron chi connectivity index (χ2n) is 4.88. The van der Waals surface area contributed by atoms with Crippen molar-refractivity contribution in [2.45, 2.75) is 18.8 Å². The van der Waals surface area contributed by atoms with Crippen molar-refractivity contribution in [2.75, 3.05) is 26.8 Å². The average molecular weight is 318 g/mol. The molecule has 1 fully saturated rings. The summed E-state index contributed by atoms with van der Waals surface area (Å²) in [4.78, 5) is 13.8. The first-order valence-corrected chi connectivity index (χ1v) is 7.23. The topological polar surface area (TPSA) is 49.8 Å². The van der Waals surface area contributed by atoms with E-state index in [2.05, 4.69) is 0 Å². The van der Waals surface area contributed by atoms with Gasteiger partial charge in [-0.1, -0.05) is 23.2 Å². The van der Waals surface area contributed by atoms with E-state index in [4.69, 9.17) is 27.9 Å². The predicted octanol–water partition coefficient (Wildman–Crippen LogP) is 3.05. The van der Waals surface area contributed by atoms with Crippen molar-refractivity contribution >= 4 is 29.1 Å². The van der Waals surface area contributed by atoms with Crippen LogP contribution in [-0.2, 0) is 9.53 Å². The first-order valence-electron chi connectivity index (χ1n) is 6.48. The summed E-state index contributed by atoms with van der Waals surface area (Å²) in [6, 6.07) is 3.07. The summed E-state index contributed by atoms with van der Waals surface area (Å²) in [6.45, 7) is 1.83. The molecule has 20 heavy (non-hydrogen) atoms. The molecular weight excluding hydrogens is 301 g/mol. The zero-order valence-corrected chi connectivity index (χ0v) is 12.7. The summed E-state index contributed by atoms with van der Waals surface area (Å²) in [5.74, 6) is 0.0498. The normalized spacial score (nSPS) is 18.9. The van der Waals surface area contributed by atoms with Gasteiger partial charge in [-0.05, 0) is 18.6 Å². The number of halogens is 2. The molecule has 1 heterocycles. The number of hydrogen-bond donors (Lipinski definition) is 1. The summed E-state index contributed by atoms with van der Waals surface area (Å²) in [7, 11) is 1.64. The fraction of sp³-hybridized carbons (Fsp3) is 0.500. The van der Waals surface area contributed by atoms with E-state index in [1.165, 1.54) is 6.07 Å². The van der Waals surface area contributed by atoms with Gasteiger partial charge in [0.2, 0.25) is 5.91 Å². The van der Waals surface area contributed by atoms with Crippen LogP contribution in [0, 0.1) is 0 Å². The molecule has 1 aromatic carbocycles. The maximum absolute atomic E-state index is 12.0. The number of hydrogen-bond acceptors (Lipinski definition) is 3. The smallest absolute Gasteiger partial charge is 0.223 e. The zero-order valence-electron chi connectivity index (χ0n) is 11.2. The summed E-state index contributed by atoms with van der Waals surface area (Å²) in [5.41, 5.74) is 0.571. The number of rotatable bonds is 5. The molecule has 1 amide bonds. The summed E-state index contributed by atoms with van der Waals surface area (Å²) >= 11 is 12.1. The molecule has 1 saturated heterocycles. The molecule has 0 bridgehead atoms. The fourth-order valence-electron chi connectivity index (χ4n) is 2.53. The van der Waals surface area contributed by atoms with Gasteiger partial charge in [0.1, 0.15) is 5.75 Å². The third kappa shape index (κ3) is 3.19. The lowest BCUT2D eigenvalue weighted by atomic mass is 9.97. The highest BCUT2D eigenvalue weighted by Crippen LogP contribution is 2.41. The lowest BCUT2D eigenvalue weighted by Gasteiger charge is -2.18. The van der Waals surface area contributed by atoms with Crippen LogP contribution >= 0.6 is 23.2 Å². The number of phenolic OH excluding ortho intramolecular Hbond substituents is 1. The van der Waals surface area contributed by atoms with Crippen LogP contribution in [0.3, 0.4) is 0 Å². The highest BCUT2D eigenvalue weighted by atomic mass is 35.5. The largest absolute Gasteiger partial charge is 0.508 e. The van der Waals surface area contributed by atoms with Crippen LogP contribution < -0.4 is 0 Å². The summed E-state index contributed by atoms with van der Waals surface area (Å²) in [5, 5.41) is 10.7. The molecule has 4 nitrogen and oxygen atoms in total. The minimum atomic E-state index is -0.115. The van der Waals surface area contributed by atoms with Crippen LogP contribution in [0.5, 0.6) is 5.75 Å². The van der Waals surface area contributed by atoms with Crippen LogP contribution in [0.4, 0.5) is 0 Å². The van der Waals surface area contributed by atoms with Gasteiger partial charge in [-0.15, -0.1) is 0 Å². The van der Waals surface area contributed by atoms with Gasteiger partial charge < -0.3 is 14.7 Å². The molecule has 1 atom stereocenters. The maximum Gasteiger partial charge on any atom is 0.223 e. The molecular formula is C14H17Cl2NO3. The second-order valence-corrected chi connectivity index (χ2v) is 5.67. The molecule has 1 aromatic rings. The number of aromatic hydroxyl groups is 1. The number of benzene rings is 1. The second kappa shape index (κ2) is 6.66.